The molecule has 0 aliphatic heterocycles. The molecule has 7 heteroatoms. The molecule has 0 unspecified atom stereocenters. The van der Waals surface area contributed by atoms with E-state index in [2.05, 4.69) is 27.7 Å². The summed E-state index contributed by atoms with van der Waals surface area (Å²) in [4.78, 5) is 12.1. The van der Waals surface area contributed by atoms with Gasteiger partial charge in [-0.05, 0) is 31.2 Å². The number of nitrogens with zero attached hydrogens (tertiary/aromatic N) is 3. The number of benzene rings is 2. The summed E-state index contributed by atoms with van der Waals surface area (Å²) >= 11 is 1.60. The lowest BCUT2D eigenvalue weighted by Crippen LogP contribution is -2.10. The van der Waals surface area contributed by atoms with Gasteiger partial charge in [0.2, 0.25) is 10.7 Å². The lowest BCUT2D eigenvalue weighted by atomic mass is 10.1. The zero-order valence-electron chi connectivity index (χ0n) is 15.1. The third-order valence-electron chi connectivity index (χ3n) is 3.93. The Morgan fingerprint density at radius 3 is 2.65 bits per heavy atom. The lowest BCUT2D eigenvalue weighted by Gasteiger charge is -2.10. The van der Waals surface area contributed by atoms with Gasteiger partial charge in [-0.1, -0.05) is 29.5 Å². The van der Waals surface area contributed by atoms with Crippen LogP contribution in [0.3, 0.4) is 0 Å². The van der Waals surface area contributed by atoms with Gasteiger partial charge in [-0.15, -0.1) is 5.10 Å². The smallest absolute Gasteiger partial charge is 0.221 e. The number of hydrogen-bond acceptors (Lipinski definition) is 5. The molecule has 0 radical (unpaired) electrons. The van der Waals surface area contributed by atoms with Crippen molar-refractivity contribution in [1.29, 1.82) is 0 Å². The minimum Gasteiger partial charge on any atom is -0.495 e. The molecule has 0 atom stereocenters. The highest BCUT2D eigenvalue weighted by molar-refractivity contribution is 7.16. The van der Waals surface area contributed by atoms with Gasteiger partial charge in [-0.3, -0.25) is 4.79 Å². The molecule has 3 rings (SSSR count). The van der Waals surface area contributed by atoms with Crippen LogP contribution in [0.2, 0.25) is 0 Å². The molecule has 0 aliphatic carbocycles. The highest BCUT2D eigenvalue weighted by Crippen LogP contribution is 2.26. The van der Waals surface area contributed by atoms with Gasteiger partial charge in [-0.25, -0.2) is 0 Å². The van der Waals surface area contributed by atoms with Crippen molar-refractivity contribution < 1.29 is 9.53 Å². The minimum absolute atomic E-state index is 0.145. The Morgan fingerprint density at radius 1 is 1.19 bits per heavy atom. The van der Waals surface area contributed by atoms with Gasteiger partial charge in [0.15, 0.2) is 0 Å². The second-order valence-corrected chi connectivity index (χ2v) is 6.80. The maximum absolute atomic E-state index is 11.3. The highest BCUT2D eigenvalue weighted by Gasteiger charge is 2.08. The number of fused-ring (bicyclic) bond motifs is 1. The summed E-state index contributed by atoms with van der Waals surface area (Å²) in [6.45, 7) is 3.35. The number of amides is 1. The molecule has 0 fully saturated rings. The van der Waals surface area contributed by atoms with Crippen molar-refractivity contribution >= 4 is 38.9 Å². The molecule has 6 nitrogen and oxygen atoms in total. The van der Waals surface area contributed by atoms with Crippen LogP contribution in [0.5, 0.6) is 5.75 Å². The van der Waals surface area contributed by atoms with E-state index in [-0.39, 0.29) is 5.91 Å². The summed E-state index contributed by atoms with van der Waals surface area (Å²) in [7, 11) is 3.55. The molecule has 1 aromatic heterocycles. The number of carbonyl (C=O) groups excluding carboxylic acids is 1. The normalized spacial score (nSPS) is 12.5. The fraction of sp³-hybridized carbons (Fsp3) is 0.211. The molecule has 134 valence electrons. The van der Waals surface area contributed by atoms with E-state index >= 15 is 0 Å². The maximum Gasteiger partial charge on any atom is 0.221 e. The number of thiazole rings is 1. The standard InChI is InChI=1S/C19H20N4O2S/c1-12(14-9-10-15(20-13(2)24)17(11-14)25-4)21-22-19-23(3)16-7-5-6-8-18(16)26-19/h5-11H,1-4H3,(H,20,24)/b21-12+,22-19-. The fourth-order valence-corrected chi connectivity index (χ4v) is 3.53. The molecule has 26 heavy (non-hydrogen) atoms. The van der Waals surface area contributed by atoms with E-state index in [1.54, 1.807) is 24.5 Å². The van der Waals surface area contributed by atoms with E-state index < -0.39 is 0 Å². The molecular weight excluding hydrogens is 348 g/mol. The number of carbonyl (C=O) groups is 1. The third kappa shape index (κ3) is 3.67. The largest absolute Gasteiger partial charge is 0.495 e. The quantitative estimate of drug-likeness (QED) is 0.565. The molecule has 3 aromatic rings. The van der Waals surface area contributed by atoms with Gasteiger partial charge < -0.3 is 14.6 Å². The molecule has 1 N–H and O–H groups in total. The number of hydrogen-bond donors (Lipinski definition) is 1. The fourth-order valence-electron chi connectivity index (χ4n) is 2.56. The predicted molar refractivity (Wildman–Crippen MR) is 106 cm³/mol. The van der Waals surface area contributed by atoms with Crippen molar-refractivity contribution in [2.45, 2.75) is 13.8 Å². The monoisotopic (exact) mass is 368 g/mol. The van der Waals surface area contributed by atoms with Crippen molar-refractivity contribution in [1.82, 2.24) is 4.57 Å². The van der Waals surface area contributed by atoms with Gasteiger partial charge in [0.05, 0.1) is 28.7 Å². The van der Waals surface area contributed by atoms with Crippen LogP contribution in [-0.4, -0.2) is 23.3 Å². The predicted octanol–water partition coefficient (Wildman–Crippen LogP) is 3.53. The number of methoxy groups -OCH3 is 1. The van der Waals surface area contributed by atoms with Gasteiger partial charge in [0.25, 0.3) is 0 Å². The number of anilines is 1. The van der Waals surface area contributed by atoms with E-state index in [0.717, 1.165) is 21.6 Å². The Balaban J connectivity index is 1.96. The van der Waals surface area contributed by atoms with E-state index in [0.29, 0.717) is 11.4 Å². The lowest BCUT2D eigenvalue weighted by molar-refractivity contribution is -0.114. The molecule has 0 bridgehead atoms. The number of nitrogens with one attached hydrogen (secondary N) is 1. The summed E-state index contributed by atoms with van der Waals surface area (Å²) in [5.74, 6) is 0.438. The first-order valence-electron chi connectivity index (χ1n) is 8.08. The number of ether oxygens (including phenoxy) is 1. The SMILES string of the molecule is COc1cc(/C(C)=N/N=c2\sc3ccccc3n2C)ccc1NC(C)=O. The van der Waals surface area contributed by atoms with Crippen LogP contribution in [0.15, 0.2) is 52.7 Å². The Kier molecular flexibility index (Phi) is 5.18. The van der Waals surface area contributed by atoms with E-state index in [1.165, 1.54) is 11.6 Å². The Bertz CT molecular complexity index is 1060. The van der Waals surface area contributed by atoms with Crippen molar-refractivity contribution in [3.8, 4) is 5.75 Å². The van der Waals surface area contributed by atoms with Gasteiger partial charge in [0, 0.05) is 19.5 Å². The van der Waals surface area contributed by atoms with Gasteiger partial charge in [-0.2, -0.15) is 5.10 Å². The van der Waals surface area contributed by atoms with Gasteiger partial charge in [0.1, 0.15) is 5.75 Å². The van der Waals surface area contributed by atoms with E-state index in [4.69, 9.17) is 4.74 Å². The first-order chi connectivity index (χ1) is 12.5. The van der Waals surface area contributed by atoms with Gasteiger partial charge >= 0.3 is 0 Å². The Hall–Kier alpha value is -2.93. The maximum atomic E-state index is 11.3. The van der Waals surface area contributed by atoms with E-state index in [9.17, 15) is 4.79 Å². The van der Waals surface area contributed by atoms with Crippen LogP contribution in [0.4, 0.5) is 5.69 Å². The molecule has 0 saturated heterocycles. The van der Waals surface area contributed by atoms with Crippen LogP contribution < -0.4 is 14.9 Å². The first-order valence-corrected chi connectivity index (χ1v) is 8.90. The summed E-state index contributed by atoms with van der Waals surface area (Å²) in [5, 5.41) is 11.5. The molecule has 0 spiro atoms. The topological polar surface area (TPSA) is 68.0 Å². The average Bonchev–Trinajstić information content (AvgIpc) is 2.96. The molecule has 1 amide bonds. The summed E-state index contributed by atoms with van der Waals surface area (Å²) in [6, 6.07) is 13.7. The number of rotatable bonds is 4. The molecular formula is C19H20N4O2S. The summed E-state index contributed by atoms with van der Waals surface area (Å²) < 4.78 is 8.55. The second-order valence-electron chi connectivity index (χ2n) is 5.79. The van der Waals surface area contributed by atoms with Crippen LogP contribution in [-0.2, 0) is 11.8 Å². The first kappa shape index (κ1) is 17.9. The van der Waals surface area contributed by atoms with Crippen LogP contribution >= 0.6 is 11.3 Å². The van der Waals surface area contributed by atoms with Crippen LogP contribution in [0.1, 0.15) is 19.4 Å². The van der Waals surface area contributed by atoms with Crippen molar-refractivity contribution in [3.05, 3.63) is 52.8 Å². The Labute approximate surface area is 155 Å². The molecule has 0 aliphatic rings. The van der Waals surface area contributed by atoms with E-state index in [1.807, 2.05) is 42.8 Å². The van der Waals surface area contributed by atoms with Crippen molar-refractivity contribution in [3.63, 3.8) is 0 Å². The Morgan fingerprint density at radius 2 is 1.96 bits per heavy atom. The number of para-hydroxylation sites is 1. The van der Waals surface area contributed by atoms with Crippen LogP contribution in [0.25, 0.3) is 10.2 Å². The van der Waals surface area contributed by atoms with Crippen molar-refractivity contribution in [2.24, 2.45) is 17.3 Å². The summed E-state index contributed by atoms with van der Waals surface area (Å²) in [5.41, 5.74) is 3.40. The van der Waals surface area contributed by atoms with Crippen molar-refractivity contribution in [2.75, 3.05) is 12.4 Å². The summed E-state index contributed by atoms with van der Waals surface area (Å²) in [6.07, 6.45) is 0. The molecule has 0 saturated carbocycles. The third-order valence-corrected chi connectivity index (χ3v) is 5.03. The average molecular weight is 368 g/mol. The second kappa shape index (κ2) is 7.53. The molecule has 1 heterocycles. The zero-order valence-corrected chi connectivity index (χ0v) is 15.9. The molecule has 2 aromatic carbocycles. The number of aryl methyl sites for hydroxylation is 1. The highest BCUT2D eigenvalue weighted by atomic mass is 32.1. The minimum atomic E-state index is -0.145. The number of aromatic nitrogens is 1. The van der Waals surface area contributed by atoms with Crippen LogP contribution in [0, 0.1) is 0 Å². The zero-order chi connectivity index (χ0) is 18.7.